The molecular formula is C16H22N2O2S. The SMILES string of the molecule is NC(=S)COc1ccccc1NC(=O)CCC1CCCC1. The van der Waals surface area contributed by atoms with E-state index in [2.05, 4.69) is 5.32 Å². The second-order valence-corrected chi connectivity index (χ2v) is 6.01. The number of hydrogen-bond acceptors (Lipinski definition) is 3. The summed E-state index contributed by atoms with van der Waals surface area (Å²) in [5.74, 6) is 1.35. The highest BCUT2D eigenvalue weighted by Gasteiger charge is 2.16. The number of rotatable bonds is 7. The molecule has 0 aliphatic heterocycles. The maximum absolute atomic E-state index is 12.0. The van der Waals surface area contributed by atoms with Gasteiger partial charge in [-0.25, -0.2) is 0 Å². The quantitative estimate of drug-likeness (QED) is 0.759. The number of amides is 1. The Bertz CT molecular complexity index is 499. The normalized spacial score (nSPS) is 14.9. The largest absolute Gasteiger partial charge is 0.484 e. The summed E-state index contributed by atoms with van der Waals surface area (Å²) in [5.41, 5.74) is 6.10. The summed E-state index contributed by atoms with van der Waals surface area (Å²) in [7, 11) is 0. The van der Waals surface area contributed by atoms with Crippen LogP contribution in [0.1, 0.15) is 38.5 Å². The van der Waals surface area contributed by atoms with E-state index in [0.717, 1.165) is 12.3 Å². The van der Waals surface area contributed by atoms with Gasteiger partial charge in [0.1, 0.15) is 17.3 Å². The van der Waals surface area contributed by atoms with Crippen LogP contribution in [0, 0.1) is 5.92 Å². The van der Waals surface area contributed by atoms with Gasteiger partial charge in [-0.05, 0) is 24.5 Å². The molecule has 3 N–H and O–H groups in total. The Kier molecular flexibility index (Phi) is 5.99. The molecule has 0 radical (unpaired) electrons. The molecule has 0 atom stereocenters. The molecule has 114 valence electrons. The predicted molar refractivity (Wildman–Crippen MR) is 88.5 cm³/mol. The van der Waals surface area contributed by atoms with Crippen molar-refractivity contribution in [3.05, 3.63) is 24.3 Å². The maximum Gasteiger partial charge on any atom is 0.224 e. The van der Waals surface area contributed by atoms with Crippen molar-refractivity contribution in [1.29, 1.82) is 0 Å². The molecule has 1 fully saturated rings. The zero-order valence-electron chi connectivity index (χ0n) is 12.1. The number of ether oxygens (including phenoxy) is 1. The number of thiocarbonyl (C=S) groups is 1. The summed E-state index contributed by atoms with van der Waals surface area (Å²) in [6.45, 7) is 0.171. The smallest absolute Gasteiger partial charge is 0.224 e. The fraction of sp³-hybridized carbons (Fsp3) is 0.500. The number of para-hydroxylation sites is 2. The minimum absolute atomic E-state index is 0.0354. The van der Waals surface area contributed by atoms with Gasteiger partial charge in [0.05, 0.1) is 5.69 Å². The molecule has 1 aliphatic carbocycles. The van der Waals surface area contributed by atoms with Gasteiger partial charge in [0.15, 0.2) is 0 Å². The first-order valence-electron chi connectivity index (χ1n) is 7.45. The van der Waals surface area contributed by atoms with Crippen LogP contribution in [0.25, 0.3) is 0 Å². The van der Waals surface area contributed by atoms with Crippen LogP contribution in [0.15, 0.2) is 24.3 Å². The summed E-state index contributed by atoms with van der Waals surface area (Å²) >= 11 is 4.79. The fourth-order valence-electron chi connectivity index (χ4n) is 2.69. The van der Waals surface area contributed by atoms with Gasteiger partial charge in [-0.1, -0.05) is 50.0 Å². The van der Waals surface area contributed by atoms with Crippen molar-refractivity contribution < 1.29 is 9.53 Å². The number of nitrogens with two attached hydrogens (primary N) is 1. The lowest BCUT2D eigenvalue weighted by molar-refractivity contribution is -0.116. The van der Waals surface area contributed by atoms with E-state index >= 15 is 0 Å². The molecule has 0 spiro atoms. The molecule has 1 saturated carbocycles. The van der Waals surface area contributed by atoms with Gasteiger partial charge in [-0.3, -0.25) is 4.79 Å². The third-order valence-corrected chi connectivity index (χ3v) is 3.90. The van der Waals surface area contributed by atoms with E-state index in [-0.39, 0.29) is 17.5 Å². The van der Waals surface area contributed by atoms with E-state index in [9.17, 15) is 4.79 Å². The molecule has 5 heteroatoms. The van der Waals surface area contributed by atoms with Crippen LogP contribution in [-0.2, 0) is 4.79 Å². The number of hydrogen-bond donors (Lipinski definition) is 2. The molecule has 0 unspecified atom stereocenters. The van der Waals surface area contributed by atoms with Gasteiger partial charge >= 0.3 is 0 Å². The molecule has 4 nitrogen and oxygen atoms in total. The first-order valence-corrected chi connectivity index (χ1v) is 7.86. The maximum atomic E-state index is 12.0. The van der Waals surface area contributed by atoms with Crippen LogP contribution in [0.4, 0.5) is 5.69 Å². The Labute approximate surface area is 131 Å². The molecule has 1 amide bonds. The van der Waals surface area contributed by atoms with Crippen LogP contribution >= 0.6 is 12.2 Å². The van der Waals surface area contributed by atoms with Gasteiger partial charge < -0.3 is 15.8 Å². The minimum Gasteiger partial charge on any atom is -0.484 e. The first kappa shape index (κ1) is 15.8. The average Bonchev–Trinajstić information content (AvgIpc) is 2.97. The highest BCUT2D eigenvalue weighted by Crippen LogP contribution is 2.29. The highest BCUT2D eigenvalue weighted by molar-refractivity contribution is 7.80. The number of nitrogens with one attached hydrogen (secondary N) is 1. The van der Waals surface area contributed by atoms with Gasteiger partial charge in [0, 0.05) is 6.42 Å². The molecule has 2 rings (SSSR count). The Morgan fingerprint density at radius 3 is 2.76 bits per heavy atom. The molecule has 0 bridgehead atoms. The standard InChI is InChI=1S/C16H22N2O2S/c17-15(21)11-20-14-8-4-3-7-13(14)18-16(19)10-9-12-5-1-2-6-12/h3-4,7-8,12H,1-2,5-6,9-11H2,(H2,17,21)(H,18,19). The fourth-order valence-corrected chi connectivity index (χ4v) is 2.75. The van der Waals surface area contributed by atoms with Crippen LogP contribution in [0.3, 0.4) is 0 Å². The van der Waals surface area contributed by atoms with Crippen molar-refractivity contribution in [3.63, 3.8) is 0 Å². The topological polar surface area (TPSA) is 64.3 Å². The van der Waals surface area contributed by atoms with Crippen molar-refractivity contribution in [2.75, 3.05) is 11.9 Å². The Balaban J connectivity index is 1.85. The predicted octanol–water partition coefficient (Wildman–Crippen LogP) is 3.26. The van der Waals surface area contributed by atoms with Gasteiger partial charge in [0.2, 0.25) is 5.91 Å². The number of anilines is 1. The van der Waals surface area contributed by atoms with Crippen LogP contribution in [0.5, 0.6) is 5.75 Å². The molecule has 1 aliphatic rings. The van der Waals surface area contributed by atoms with Crippen LogP contribution < -0.4 is 15.8 Å². The molecular weight excluding hydrogens is 284 g/mol. The first-order chi connectivity index (χ1) is 10.1. The van der Waals surface area contributed by atoms with Crippen molar-refractivity contribution >= 4 is 28.8 Å². The Morgan fingerprint density at radius 2 is 2.05 bits per heavy atom. The van der Waals surface area contributed by atoms with Crippen molar-refractivity contribution in [2.24, 2.45) is 11.7 Å². The summed E-state index contributed by atoms with van der Waals surface area (Å²) in [5, 5.41) is 2.91. The lowest BCUT2D eigenvalue weighted by atomic mass is 10.0. The van der Waals surface area contributed by atoms with E-state index < -0.39 is 0 Å². The highest BCUT2D eigenvalue weighted by atomic mass is 32.1. The molecule has 1 aromatic carbocycles. The van der Waals surface area contributed by atoms with Gasteiger partial charge in [0.25, 0.3) is 0 Å². The molecule has 21 heavy (non-hydrogen) atoms. The minimum atomic E-state index is 0.0354. The van der Waals surface area contributed by atoms with E-state index in [0.29, 0.717) is 17.9 Å². The molecule has 0 heterocycles. The summed E-state index contributed by atoms with van der Waals surface area (Å²) in [6, 6.07) is 7.33. The lowest BCUT2D eigenvalue weighted by Crippen LogP contribution is -2.19. The number of carbonyl (C=O) groups is 1. The van der Waals surface area contributed by atoms with Crippen molar-refractivity contribution in [2.45, 2.75) is 38.5 Å². The van der Waals surface area contributed by atoms with E-state index in [1.807, 2.05) is 18.2 Å². The van der Waals surface area contributed by atoms with Crippen molar-refractivity contribution in [1.82, 2.24) is 0 Å². The summed E-state index contributed by atoms with van der Waals surface area (Å²) in [4.78, 5) is 12.3. The molecule has 0 saturated heterocycles. The van der Waals surface area contributed by atoms with E-state index in [4.69, 9.17) is 22.7 Å². The molecule has 0 aromatic heterocycles. The zero-order valence-corrected chi connectivity index (χ0v) is 13.0. The third kappa shape index (κ3) is 5.34. The van der Waals surface area contributed by atoms with Crippen molar-refractivity contribution in [3.8, 4) is 5.75 Å². The zero-order chi connectivity index (χ0) is 15.1. The van der Waals surface area contributed by atoms with Gasteiger partial charge in [-0.15, -0.1) is 0 Å². The van der Waals surface area contributed by atoms with E-state index in [1.54, 1.807) is 6.07 Å². The summed E-state index contributed by atoms with van der Waals surface area (Å²) < 4.78 is 5.50. The van der Waals surface area contributed by atoms with Crippen LogP contribution in [0.2, 0.25) is 0 Å². The second-order valence-electron chi connectivity index (χ2n) is 5.49. The third-order valence-electron chi connectivity index (χ3n) is 3.79. The number of benzene rings is 1. The monoisotopic (exact) mass is 306 g/mol. The van der Waals surface area contributed by atoms with Crippen LogP contribution in [-0.4, -0.2) is 17.5 Å². The van der Waals surface area contributed by atoms with Gasteiger partial charge in [-0.2, -0.15) is 0 Å². The number of carbonyl (C=O) groups excluding carboxylic acids is 1. The van der Waals surface area contributed by atoms with E-state index in [1.165, 1.54) is 25.7 Å². The molecule has 1 aromatic rings. The Hall–Kier alpha value is -1.62. The lowest BCUT2D eigenvalue weighted by Gasteiger charge is -2.13. The second kappa shape index (κ2) is 7.98. The summed E-state index contributed by atoms with van der Waals surface area (Å²) in [6.07, 6.45) is 6.68. The average molecular weight is 306 g/mol. The Morgan fingerprint density at radius 1 is 1.33 bits per heavy atom.